The molecular formula is C12H9BrFN3O2. The van der Waals surface area contributed by atoms with Crippen LogP contribution in [0.3, 0.4) is 0 Å². The highest BCUT2D eigenvalue weighted by Crippen LogP contribution is 2.21. The maximum Gasteiger partial charge on any atom is 0.304 e. The molecule has 2 aromatic rings. The van der Waals surface area contributed by atoms with Gasteiger partial charge >= 0.3 is 5.69 Å². The minimum Gasteiger partial charge on any atom is -0.379 e. The van der Waals surface area contributed by atoms with Gasteiger partial charge in [0.1, 0.15) is 0 Å². The van der Waals surface area contributed by atoms with E-state index in [2.05, 4.69) is 26.2 Å². The van der Waals surface area contributed by atoms with E-state index in [0.717, 1.165) is 22.3 Å². The minimum absolute atomic E-state index is 0.407. The third-order valence-corrected chi connectivity index (χ3v) is 2.88. The standard InChI is InChI=1S/C12H9BrFN3O2/c13-8-1-2-10(15-6-8)7-16-9-3-4-12(17(18)19)11(14)5-9/h1-6,16H,7H2. The molecule has 2 rings (SSSR count). The summed E-state index contributed by atoms with van der Waals surface area (Å²) in [5.74, 6) is -0.862. The molecule has 1 aromatic heterocycles. The molecule has 98 valence electrons. The third-order valence-electron chi connectivity index (χ3n) is 2.41. The van der Waals surface area contributed by atoms with Crippen LogP contribution in [-0.4, -0.2) is 9.91 Å². The number of hydrogen-bond donors (Lipinski definition) is 1. The summed E-state index contributed by atoms with van der Waals surface area (Å²) in [5.41, 5.74) is 0.710. The predicted molar refractivity (Wildman–Crippen MR) is 72.3 cm³/mol. The fourth-order valence-electron chi connectivity index (χ4n) is 1.47. The van der Waals surface area contributed by atoms with E-state index in [1.54, 1.807) is 6.20 Å². The second kappa shape index (κ2) is 5.75. The van der Waals surface area contributed by atoms with Gasteiger partial charge in [0.25, 0.3) is 0 Å². The highest BCUT2D eigenvalue weighted by atomic mass is 79.9. The van der Waals surface area contributed by atoms with Crippen molar-refractivity contribution in [2.24, 2.45) is 0 Å². The lowest BCUT2D eigenvalue weighted by Gasteiger charge is -2.06. The average molecular weight is 326 g/mol. The van der Waals surface area contributed by atoms with Gasteiger partial charge < -0.3 is 5.32 Å². The molecule has 5 nitrogen and oxygen atoms in total. The molecule has 1 aromatic carbocycles. The number of rotatable bonds is 4. The van der Waals surface area contributed by atoms with Gasteiger partial charge in [-0.25, -0.2) is 0 Å². The van der Waals surface area contributed by atoms with Crippen LogP contribution >= 0.6 is 15.9 Å². The first-order valence-corrected chi connectivity index (χ1v) is 6.14. The van der Waals surface area contributed by atoms with Gasteiger partial charge in [-0.3, -0.25) is 15.1 Å². The summed E-state index contributed by atoms with van der Waals surface area (Å²) in [4.78, 5) is 13.9. The summed E-state index contributed by atoms with van der Waals surface area (Å²) in [6.07, 6.45) is 1.66. The summed E-state index contributed by atoms with van der Waals surface area (Å²) in [6.45, 7) is 0.407. The molecule has 0 aliphatic carbocycles. The van der Waals surface area contributed by atoms with Gasteiger partial charge in [-0.05, 0) is 34.1 Å². The molecule has 0 amide bonds. The molecule has 1 heterocycles. The molecule has 0 fully saturated rings. The highest BCUT2D eigenvalue weighted by Gasteiger charge is 2.13. The summed E-state index contributed by atoms with van der Waals surface area (Å²) in [6, 6.07) is 7.35. The van der Waals surface area contributed by atoms with E-state index in [9.17, 15) is 14.5 Å². The molecule has 7 heteroatoms. The molecule has 0 aliphatic heterocycles. The van der Waals surface area contributed by atoms with Gasteiger partial charge in [-0.15, -0.1) is 0 Å². The molecule has 1 N–H and O–H groups in total. The van der Waals surface area contributed by atoms with Gasteiger partial charge in [-0.1, -0.05) is 0 Å². The van der Waals surface area contributed by atoms with Gasteiger partial charge in [0.15, 0.2) is 0 Å². The van der Waals surface area contributed by atoms with Crippen molar-refractivity contribution in [3.05, 3.63) is 62.6 Å². The Hall–Kier alpha value is -2.02. The van der Waals surface area contributed by atoms with Crippen LogP contribution in [0.2, 0.25) is 0 Å². The number of nitrogens with one attached hydrogen (secondary N) is 1. The van der Waals surface area contributed by atoms with Crippen molar-refractivity contribution >= 4 is 27.3 Å². The minimum atomic E-state index is -0.862. The summed E-state index contributed by atoms with van der Waals surface area (Å²) >= 11 is 3.28. The van der Waals surface area contributed by atoms with Crippen LogP contribution < -0.4 is 5.32 Å². The van der Waals surface area contributed by atoms with E-state index < -0.39 is 16.4 Å². The van der Waals surface area contributed by atoms with Crippen molar-refractivity contribution in [1.29, 1.82) is 0 Å². The highest BCUT2D eigenvalue weighted by molar-refractivity contribution is 9.10. The summed E-state index contributed by atoms with van der Waals surface area (Å²) in [7, 11) is 0. The first kappa shape index (κ1) is 13.4. The van der Waals surface area contributed by atoms with Gasteiger partial charge in [-0.2, -0.15) is 4.39 Å². The van der Waals surface area contributed by atoms with Gasteiger partial charge in [0, 0.05) is 28.5 Å². The number of hydrogen-bond acceptors (Lipinski definition) is 4. The van der Waals surface area contributed by atoms with Gasteiger partial charge in [0.05, 0.1) is 17.2 Å². The van der Waals surface area contributed by atoms with Crippen molar-refractivity contribution in [1.82, 2.24) is 4.98 Å². The van der Waals surface area contributed by atoms with Crippen molar-refractivity contribution in [3.8, 4) is 0 Å². The van der Waals surface area contributed by atoms with Crippen molar-refractivity contribution in [2.75, 3.05) is 5.32 Å². The lowest BCUT2D eigenvalue weighted by Crippen LogP contribution is -2.02. The Morgan fingerprint density at radius 1 is 1.37 bits per heavy atom. The zero-order valence-corrected chi connectivity index (χ0v) is 11.2. The van der Waals surface area contributed by atoms with Crippen molar-refractivity contribution < 1.29 is 9.31 Å². The molecule has 0 spiro atoms. The number of aromatic nitrogens is 1. The van der Waals surface area contributed by atoms with Crippen LogP contribution in [0.5, 0.6) is 0 Å². The lowest BCUT2D eigenvalue weighted by atomic mass is 10.2. The summed E-state index contributed by atoms with van der Waals surface area (Å²) in [5, 5.41) is 13.4. The van der Waals surface area contributed by atoms with Crippen molar-refractivity contribution in [3.63, 3.8) is 0 Å². The maximum absolute atomic E-state index is 13.4. The van der Waals surface area contributed by atoms with Crippen molar-refractivity contribution in [2.45, 2.75) is 6.54 Å². The molecule has 0 bridgehead atoms. The Labute approximate surface area is 116 Å². The molecule has 0 radical (unpaired) electrons. The van der Waals surface area contributed by atoms with Gasteiger partial charge in [0.2, 0.25) is 5.82 Å². The molecule has 0 aliphatic rings. The van der Waals surface area contributed by atoms with Crippen LogP contribution in [-0.2, 0) is 6.54 Å². The second-order valence-corrected chi connectivity index (χ2v) is 4.66. The Bertz CT molecular complexity index is 604. The number of nitrogens with zero attached hydrogens (tertiary/aromatic N) is 2. The van der Waals surface area contributed by atoms with E-state index >= 15 is 0 Å². The molecule has 19 heavy (non-hydrogen) atoms. The average Bonchev–Trinajstić information content (AvgIpc) is 2.37. The summed E-state index contributed by atoms with van der Waals surface area (Å²) < 4.78 is 14.2. The van der Waals surface area contributed by atoms with E-state index in [0.29, 0.717) is 12.2 Å². The number of anilines is 1. The second-order valence-electron chi connectivity index (χ2n) is 3.74. The normalized spacial score (nSPS) is 10.2. The largest absolute Gasteiger partial charge is 0.379 e. The quantitative estimate of drug-likeness (QED) is 0.690. The topological polar surface area (TPSA) is 68.1 Å². The maximum atomic E-state index is 13.4. The molecule has 0 unspecified atom stereocenters. The van der Waals surface area contributed by atoms with E-state index in [1.165, 1.54) is 6.07 Å². The SMILES string of the molecule is O=[N+]([O-])c1ccc(NCc2ccc(Br)cn2)cc1F. The monoisotopic (exact) mass is 325 g/mol. The zero-order valence-electron chi connectivity index (χ0n) is 9.64. The van der Waals surface area contributed by atoms with Crippen LogP contribution in [0.15, 0.2) is 41.0 Å². The van der Waals surface area contributed by atoms with E-state index in [4.69, 9.17) is 0 Å². The fraction of sp³-hybridized carbons (Fsp3) is 0.0833. The number of nitro benzene ring substituents is 1. The Morgan fingerprint density at radius 2 is 2.16 bits per heavy atom. The number of nitro groups is 1. The van der Waals surface area contributed by atoms with E-state index in [-0.39, 0.29) is 0 Å². The smallest absolute Gasteiger partial charge is 0.304 e. The van der Waals surface area contributed by atoms with Crippen LogP contribution in [0.4, 0.5) is 15.8 Å². The van der Waals surface area contributed by atoms with Crippen LogP contribution in [0.1, 0.15) is 5.69 Å². The number of benzene rings is 1. The first-order chi connectivity index (χ1) is 9.06. The molecule has 0 saturated heterocycles. The third kappa shape index (κ3) is 3.47. The molecule has 0 atom stereocenters. The Kier molecular flexibility index (Phi) is 4.06. The first-order valence-electron chi connectivity index (χ1n) is 5.34. The number of halogens is 2. The predicted octanol–water partition coefficient (Wildman–Crippen LogP) is 3.50. The van der Waals surface area contributed by atoms with Crippen LogP contribution in [0.25, 0.3) is 0 Å². The zero-order chi connectivity index (χ0) is 13.8. The van der Waals surface area contributed by atoms with Crippen LogP contribution in [0, 0.1) is 15.9 Å². The number of pyridine rings is 1. The fourth-order valence-corrected chi connectivity index (χ4v) is 1.70. The Morgan fingerprint density at radius 3 is 2.74 bits per heavy atom. The molecule has 0 saturated carbocycles. The Balaban J connectivity index is 2.06. The lowest BCUT2D eigenvalue weighted by molar-refractivity contribution is -0.387. The molecular weight excluding hydrogens is 317 g/mol. The van der Waals surface area contributed by atoms with E-state index in [1.807, 2.05) is 12.1 Å².